The van der Waals surface area contributed by atoms with E-state index < -0.39 is 58.5 Å². The van der Waals surface area contributed by atoms with Crippen LogP contribution in [0.3, 0.4) is 0 Å². The van der Waals surface area contributed by atoms with Gasteiger partial charge in [0.2, 0.25) is 11.8 Å². The molecule has 1 N–H and O–H groups in total. The van der Waals surface area contributed by atoms with Crippen molar-refractivity contribution in [2.24, 2.45) is 0 Å². The number of piperidine rings is 1. The van der Waals surface area contributed by atoms with Crippen LogP contribution < -0.4 is 5.32 Å². The molecule has 0 saturated carbocycles. The summed E-state index contributed by atoms with van der Waals surface area (Å²) in [5.74, 6) is -6.64. The second kappa shape index (κ2) is 4.44. The zero-order valence-corrected chi connectivity index (χ0v) is 10.4. The summed E-state index contributed by atoms with van der Waals surface area (Å²) in [5.41, 5.74) is -1.25. The number of rotatable bonds is 1. The van der Waals surface area contributed by atoms with Gasteiger partial charge in [-0.1, -0.05) is 0 Å². The molecular formula is C13H8F2N2O4. The largest absolute Gasteiger partial charge is 0.295 e. The normalized spacial score (nSPS) is 22.3. The van der Waals surface area contributed by atoms with Gasteiger partial charge in [-0.3, -0.25) is 29.4 Å². The first-order valence-electron chi connectivity index (χ1n) is 6.53. The zero-order valence-electron chi connectivity index (χ0n) is 11.4. The molecule has 2 aliphatic rings. The Kier molecular flexibility index (Phi) is 2.56. The van der Waals surface area contributed by atoms with Crippen LogP contribution >= 0.6 is 0 Å². The van der Waals surface area contributed by atoms with Gasteiger partial charge in [-0.05, 0) is 18.5 Å². The van der Waals surface area contributed by atoms with E-state index in [0.717, 1.165) is 6.07 Å². The topological polar surface area (TPSA) is 83.6 Å². The Labute approximate surface area is 118 Å². The molecule has 21 heavy (non-hydrogen) atoms. The van der Waals surface area contributed by atoms with Crippen LogP contribution in [0.1, 0.15) is 34.9 Å². The summed E-state index contributed by atoms with van der Waals surface area (Å²) in [4.78, 5) is 47.8. The van der Waals surface area contributed by atoms with E-state index >= 15 is 0 Å². The Bertz CT molecular complexity index is 765. The first-order valence-corrected chi connectivity index (χ1v) is 6.03. The third-order valence-electron chi connectivity index (χ3n) is 3.43. The Balaban J connectivity index is 2.06. The van der Waals surface area contributed by atoms with Gasteiger partial charge in [0.15, 0.2) is 11.6 Å². The van der Waals surface area contributed by atoms with Crippen LogP contribution in [0.2, 0.25) is 0 Å². The summed E-state index contributed by atoms with van der Waals surface area (Å²) < 4.78 is 34.5. The van der Waals surface area contributed by atoms with Gasteiger partial charge in [-0.15, -0.1) is 0 Å². The van der Waals surface area contributed by atoms with Crippen molar-refractivity contribution in [3.05, 3.63) is 34.9 Å². The summed E-state index contributed by atoms with van der Waals surface area (Å²) in [7, 11) is 0. The van der Waals surface area contributed by atoms with Gasteiger partial charge in [-0.2, -0.15) is 0 Å². The van der Waals surface area contributed by atoms with Gasteiger partial charge >= 0.3 is 0 Å². The molecule has 1 aromatic carbocycles. The van der Waals surface area contributed by atoms with Crippen LogP contribution in [0.4, 0.5) is 8.78 Å². The van der Waals surface area contributed by atoms with E-state index in [0.29, 0.717) is 4.90 Å². The average Bonchev–Trinajstić information content (AvgIpc) is 2.69. The van der Waals surface area contributed by atoms with Gasteiger partial charge in [0.05, 0.1) is 12.5 Å². The number of nitrogens with one attached hydrogen (secondary N) is 1. The van der Waals surface area contributed by atoms with Crippen molar-refractivity contribution < 1.29 is 29.3 Å². The summed E-state index contributed by atoms with van der Waals surface area (Å²) in [6.45, 7) is 0. The fourth-order valence-electron chi connectivity index (χ4n) is 2.43. The van der Waals surface area contributed by atoms with Crippen LogP contribution in [0.5, 0.6) is 0 Å². The molecular weight excluding hydrogens is 286 g/mol. The smallest absolute Gasteiger partial charge is 0.265 e. The summed E-state index contributed by atoms with van der Waals surface area (Å²) >= 11 is 0. The number of hydrogen-bond donors (Lipinski definition) is 1. The van der Waals surface area contributed by atoms with Crippen LogP contribution in [-0.2, 0) is 9.59 Å². The Hall–Kier alpha value is -2.64. The molecule has 2 heterocycles. The highest BCUT2D eigenvalue weighted by Gasteiger charge is 2.46. The van der Waals surface area contributed by atoms with E-state index in [1.54, 1.807) is 0 Å². The minimum absolute atomic E-state index is 0.0790. The number of amides is 4. The van der Waals surface area contributed by atoms with Gasteiger partial charge < -0.3 is 0 Å². The number of benzene rings is 1. The van der Waals surface area contributed by atoms with Gasteiger partial charge in [-0.25, -0.2) is 8.78 Å². The van der Waals surface area contributed by atoms with E-state index in [-0.39, 0.29) is 12.8 Å². The second-order valence-electron chi connectivity index (χ2n) is 4.65. The average molecular weight is 295 g/mol. The van der Waals surface area contributed by atoms with Gasteiger partial charge in [0.25, 0.3) is 11.8 Å². The quantitative estimate of drug-likeness (QED) is 0.759. The van der Waals surface area contributed by atoms with Crippen LogP contribution in [0.25, 0.3) is 0 Å². The number of halogens is 2. The van der Waals surface area contributed by atoms with Crippen molar-refractivity contribution in [1.29, 1.82) is 0 Å². The first kappa shape index (κ1) is 12.1. The first-order chi connectivity index (χ1) is 10.3. The van der Waals surface area contributed by atoms with E-state index in [9.17, 15) is 28.0 Å². The van der Waals surface area contributed by atoms with Crippen molar-refractivity contribution >= 4 is 23.6 Å². The third-order valence-corrected chi connectivity index (χ3v) is 3.43. The highest BCUT2D eigenvalue weighted by atomic mass is 19.2. The number of imide groups is 2. The predicted molar refractivity (Wildman–Crippen MR) is 63.0 cm³/mol. The maximum absolute atomic E-state index is 13.8. The highest BCUT2D eigenvalue weighted by molar-refractivity contribution is 6.23. The molecule has 1 aromatic rings. The van der Waals surface area contributed by atoms with Gasteiger partial charge in [0, 0.05) is 6.42 Å². The maximum atomic E-state index is 13.8. The van der Waals surface area contributed by atoms with Crippen molar-refractivity contribution in [1.82, 2.24) is 10.2 Å². The summed E-state index contributed by atoms with van der Waals surface area (Å²) in [6, 6.07) is -1.37. The lowest BCUT2D eigenvalue weighted by molar-refractivity contribution is -0.136. The number of carbonyl (C=O) groups excluding carboxylic acids is 4. The van der Waals surface area contributed by atoms with E-state index in [2.05, 4.69) is 0 Å². The number of carbonyl (C=O) groups is 4. The van der Waals surface area contributed by atoms with Crippen molar-refractivity contribution in [3.8, 4) is 0 Å². The molecule has 3 rings (SSSR count). The third kappa shape index (κ3) is 1.83. The molecule has 0 aromatic heterocycles. The molecule has 1 fully saturated rings. The predicted octanol–water partition coefficient (Wildman–Crippen LogP) is 0.366. The zero-order chi connectivity index (χ0) is 16.2. The molecule has 2 aliphatic heterocycles. The van der Waals surface area contributed by atoms with Crippen LogP contribution in [0.15, 0.2) is 12.1 Å². The second-order valence-corrected chi connectivity index (χ2v) is 4.65. The standard InChI is InChI=1S/C13H8F2N2O4/c14-6-2-1-5-9(10(6)15)13(21)17(12(5)20)7-3-4-8(18)16-11(7)19/h1-2,7H,3-4H2,(H,16,18,19)/i2D. The summed E-state index contributed by atoms with van der Waals surface area (Å²) in [6.07, 6.45) is -0.168. The fourth-order valence-corrected chi connectivity index (χ4v) is 2.43. The van der Waals surface area contributed by atoms with Crippen molar-refractivity contribution in [2.75, 3.05) is 0 Å². The molecule has 0 spiro atoms. The molecule has 0 bridgehead atoms. The van der Waals surface area contributed by atoms with Crippen LogP contribution in [0, 0.1) is 11.6 Å². The molecule has 6 nitrogen and oxygen atoms in total. The van der Waals surface area contributed by atoms with Gasteiger partial charge in [0.1, 0.15) is 6.04 Å². The fraction of sp³-hybridized carbons (Fsp3) is 0.231. The Morgan fingerprint density at radius 2 is 1.95 bits per heavy atom. The lowest BCUT2D eigenvalue weighted by Crippen LogP contribution is -2.54. The minimum Gasteiger partial charge on any atom is -0.295 e. The molecule has 4 amide bonds. The number of fused-ring (bicyclic) bond motifs is 1. The number of nitrogens with zero attached hydrogens (tertiary/aromatic N) is 1. The Morgan fingerprint density at radius 1 is 1.24 bits per heavy atom. The SMILES string of the molecule is [2H]c1cc2c(c(F)c1F)C(=O)N(C1CCC(=O)NC1=O)C2=O. The maximum Gasteiger partial charge on any atom is 0.265 e. The molecule has 108 valence electrons. The molecule has 8 heteroatoms. The lowest BCUT2D eigenvalue weighted by Gasteiger charge is -2.27. The minimum atomic E-state index is -1.59. The van der Waals surface area contributed by atoms with Crippen LogP contribution in [-0.4, -0.2) is 34.6 Å². The highest BCUT2D eigenvalue weighted by Crippen LogP contribution is 2.30. The Morgan fingerprint density at radius 3 is 2.62 bits per heavy atom. The molecule has 0 radical (unpaired) electrons. The molecule has 1 unspecified atom stereocenters. The van der Waals surface area contributed by atoms with E-state index in [1.807, 2.05) is 5.32 Å². The lowest BCUT2D eigenvalue weighted by atomic mass is 10.0. The molecule has 1 atom stereocenters. The van der Waals surface area contributed by atoms with E-state index in [4.69, 9.17) is 1.37 Å². The van der Waals surface area contributed by atoms with E-state index in [1.165, 1.54) is 0 Å². The summed E-state index contributed by atoms with van der Waals surface area (Å²) in [5, 5.41) is 1.98. The van der Waals surface area contributed by atoms with Crippen molar-refractivity contribution in [2.45, 2.75) is 18.9 Å². The molecule has 1 saturated heterocycles. The van der Waals surface area contributed by atoms with Crippen molar-refractivity contribution in [3.63, 3.8) is 0 Å². The molecule has 0 aliphatic carbocycles. The monoisotopic (exact) mass is 295 g/mol. The number of hydrogen-bond acceptors (Lipinski definition) is 4.